The summed E-state index contributed by atoms with van der Waals surface area (Å²) in [5.41, 5.74) is 5.73. The fraction of sp³-hybridized carbons (Fsp3) is 0.167. The average molecular weight is 552 g/mol. The van der Waals surface area contributed by atoms with Crippen molar-refractivity contribution in [2.24, 2.45) is 0 Å². The molecule has 0 radical (unpaired) electrons. The quantitative estimate of drug-likeness (QED) is 0.231. The number of hydrogen-bond acceptors (Lipinski definition) is 3. The third-order valence-electron chi connectivity index (χ3n) is 6.82. The van der Waals surface area contributed by atoms with Crippen LogP contribution in [0, 0.1) is 0 Å². The number of carbonyl (C=O) groups excluding carboxylic acids is 1. The maximum absolute atomic E-state index is 14.1. The Balaban J connectivity index is 1.46. The molecule has 0 bridgehead atoms. The molecule has 184 valence electrons. The van der Waals surface area contributed by atoms with Crippen LogP contribution < -0.4 is 0 Å². The predicted molar refractivity (Wildman–Crippen MR) is 147 cm³/mol. The van der Waals surface area contributed by atoms with Crippen LogP contribution in [0.25, 0.3) is 11.3 Å². The van der Waals surface area contributed by atoms with Gasteiger partial charge in [0.2, 0.25) is 0 Å². The molecule has 0 aliphatic carbocycles. The Hall–Kier alpha value is -3.97. The molecule has 5 aromatic rings. The first kappa shape index (κ1) is 23.4. The molecule has 3 aromatic carbocycles. The summed E-state index contributed by atoms with van der Waals surface area (Å²) in [7, 11) is 0. The number of rotatable bonds is 8. The molecule has 2 aromatic heterocycles. The van der Waals surface area contributed by atoms with Gasteiger partial charge in [-0.3, -0.25) is 9.48 Å². The van der Waals surface area contributed by atoms with E-state index < -0.39 is 0 Å². The number of nitrogens with zero attached hydrogens (tertiary/aromatic N) is 5. The molecule has 0 saturated carbocycles. The smallest absolute Gasteiger partial charge is 0.273 e. The Kier molecular flexibility index (Phi) is 6.45. The molecule has 1 unspecified atom stereocenters. The van der Waals surface area contributed by atoms with Gasteiger partial charge in [-0.1, -0.05) is 88.7 Å². The topological polar surface area (TPSA) is 56.0 Å². The van der Waals surface area contributed by atoms with E-state index in [9.17, 15) is 4.79 Å². The van der Waals surface area contributed by atoms with E-state index in [4.69, 9.17) is 5.10 Å². The first-order valence-corrected chi connectivity index (χ1v) is 13.2. The number of halogens is 1. The lowest BCUT2D eigenvalue weighted by molar-refractivity contribution is 0.0734. The molecular formula is C30H26BrN5O. The molecular weight excluding hydrogens is 526 g/mol. The zero-order valence-electron chi connectivity index (χ0n) is 20.2. The molecule has 0 saturated heterocycles. The maximum Gasteiger partial charge on any atom is 0.273 e. The molecule has 7 heteroatoms. The summed E-state index contributed by atoms with van der Waals surface area (Å²) in [5, 5.41) is 5.04. The van der Waals surface area contributed by atoms with Gasteiger partial charge in [0.1, 0.15) is 5.69 Å². The SMILES string of the molecule is O=C1c2c(c(-c3ccccc3)nn2Cc2ccccc2)C(c2ccc(Br)cc2)N1CCCn1ccnc1. The van der Waals surface area contributed by atoms with Crippen LogP contribution in [-0.4, -0.2) is 36.7 Å². The van der Waals surface area contributed by atoms with Crippen molar-refractivity contribution >= 4 is 21.8 Å². The van der Waals surface area contributed by atoms with Crippen molar-refractivity contribution in [3.63, 3.8) is 0 Å². The lowest BCUT2D eigenvalue weighted by atomic mass is 9.96. The summed E-state index contributed by atoms with van der Waals surface area (Å²) in [6.07, 6.45) is 6.38. The van der Waals surface area contributed by atoms with Crippen molar-refractivity contribution in [2.45, 2.75) is 25.6 Å². The maximum atomic E-state index is 14.1. The monoisotopic (exact) mass is 551 g/mol. The van der Waals surface area contributed by atoms with Crippen molar-refractivity contribution in [3.05, 3.63) is 131 Å². The van der Waals surface area contributed by atoms with E-state index in [1.807, 2.05) is 70.6 Å². The molecule has 1 amide bonds. The highest BCUT2D eigenvalue weighted by Crippen LogP contribution is 2.44. The van der Waals surface area contributed by atoms with Gasteiger partial charge in [-0.2, -0.15) is 5.10 Å². The highest BCUT2D eigenvalue weighted by Gasteiger charge is 2.43. The molecule has 37 heavy (non-hydrogen) atoms. The van der Waals surface area contributed by atoms with Crippen LogP contribution in [0.15, 0.2) is 108 Å². The van der Waals surface area contributed by atoms with E-state index in [0.29, 0.717) is 18.8 Å². The van der Waals surface area contributed by atoms with Gasteiger partial charge in [0.15, 0.2) is 0 Å². The third-order valence-corrected chi connectivity index (χ3v) is 7.35. The second-order valence-corrected chi connectivity index (χ2v) is 10.1. The zero-order valence-corrected chi connectivity index (χ0v) is 21.8. The summed E-state index contributed by atoms with van der Waals surface area (Å²) >= 11 is 3.56. The van der Waals surface area contributed by atoms with Crippen molar-refractivity contribution in [1.29, 1.82) is 0 Å². The van der Waals surface area contributed by atoms with Crippen molar-refractivity contribution < 1.29 is 4.79 Å². The van der Waals surface area contributed by atoms with Gasteiger partial charge in [0.25, 0.3) is 5.91 Å². The van der Waals surface area contributed by atoms with Gasteiger partial charge in [0, 0.05) is 41.1 Å². The van der Waals surface area contributed by atoms with Crippen LogP contribution in [0.5, 0.6) is 0 Å². The summed E-state index contributed by atoms with van der Waals surface area (Å²) in [5.74, 6) is 0.0270. The number of carbonyl (C=O) groups is 1. The molecule has 0 spiro atoms. The van der Waals surface area contributed by atoms with E-state index in [2.05, 4.69) is 61.9 Å². The van der Waals surface area contributed by atoms with E-state index in [-0.39, 0.29) is 11.9 Å². The number of aromatic nitrogens is 4. The van der Waals surface area contributed by atoms with Gasteiger partial charge in [-0.25, -0.2) is 4.98 Å². The number of fused-ring (bicyclic) bond motifs is 1. The van der Waals surface area contributed by atoms with Crippen LogP contribution >= 0.6 is 15.9 Å². The van der Waals surface area contributed by atoms with Crippen LogP contribution in [0.2, 0.25) is 0 Å². The highest BCUT2D eigenvalue weighted by molar-refractivity contribution is 9.10. The Bertz CT molecular complexity index is 1500. The van der Waals surface area contributed by atoms with Gasteiger partial charge >= 0.3 is 0 Å². The Morgan fingerprint density at radius 1 is 0.865 bits per heavy atom. The second kappa shape index (κ2) is 10.2. The largest absolute Gasteiger partial charge is 0.337 e. The fourth-order valence-corrected chi connectivity index (χ4v) is 5.38. The minimum absolute atomic E-state index is 0.0270. The van der Waals surface area contributed by atoms with Crippen LogP contribution in [0.1, 0.15) is 39.6 Å². The fourth-order valence-electron chi connectivity index (χ4n) is 5.11. The minimum Gasteiger partial charge on any atom is -0.337 e. The lowest BCUT2D eigenvalue weighted by Crippen LogP contribution is -2.32. The summed E-state index contributed by atoms with van der Waals surface area (Å²) in [6, 6.07) is 28.4. The van der Waals surface area contributed by atoms with E-state index in [1.54, 1.807) is 6.20 Å². The first-order chi connectivity index (χ1) is 18.2. The molecule has 1 aliphatic heterocycles. The molecule has 6 nitrogen and oxygen atoms in total. The standard InChI is InChI=1S/C30H26BrN5O/c31-25-14-12-24(13-15-25)28-26-27(23-10-5-2-6-11-23)33-36(20-22-8-3-1-4-9-22)29(26)30(37)35(28)18-7-17-34-19-16-32-21-34/h1-6,8-16,19,21,28H,7,17-18,20H2. The number of benzene rings is 3. The Labute approximate surface area is 224 Å². The normalized spacial score (nSPS) is 14.8. The van der Waals surface area contributed by atoms with E-state index >= 15 is 0 Å². The molecule has 6 rings (SSSR count). The van der Waals surface area contributed by atoms with Crippen molar-refractivity contribution in [2.75, 3.05) is 6.54 Å². The minimum atomic E-state index is -0.210. The molecule has 1 aliphatic rings. The Morgan fingerprint density at radius 2 is 1.59 bits per heavy atom. The summed E-state index contributed by atoms with van der Waals surface area (Å²) in [6.45, 7) is 1.97. The number of amides is 1. The number of aryl methyl sites for hydroxylation is 1. The van der Waals surface area contributed by atoms with Gasteiger partial charge in [-0.05, 0) is 29.7 Å². The molecule has 3 heterocycles. The van der Waals surface area contributed by atoms with Gasteiger partial charge in [0.05, 0.1) is 24.6 Å². The molecule has 1 atom stereocenters. The zero-order chi connectivity index (χ0) is 25.2. The molecule has 0 N–H and O–H groups in total. The van der Waals surface area contributed by atoms with Crippen LogP contribution in [0.4, 0.5) is 0 Å². The lowest BCUT2D eigenvalue weighted by Gasteiger charge is -2.27. The van der Waals surface area contributed by atoms with Crippen molar-refractivity contribution in [3.8, 4) is 11.3 Å². The number of hydrogen-bond donors (Lipinski definition) is 0. The first-order valence-electron chi connectivity index (χ1n) is 12.4. The third kappa shape index (κ3) is 4.62. The van der Waals surface area contributed by atoms with Crippen LogP contribution in [-0.2, 0) is 13.1 Å². The molecule has 0 fully saturated rings. The summed E-state index contributed by atoms with van der Waals surface area (Å²) in [4.78, 5) is 20.3. The predicted octanol–water partition coefficient (Wildman–Crippen LogP) is 6.19. The van der Waals surface area contributed by atoms with E-state index in [0.717, 1.165) is 45.4 Å². The number of imidazole rings is 1. The second-order valence-electron chi connectivity index (χ2n) is 9.23. The van der Waals surface area contributed by atoms with Gasteiger partial charge < -0.3 is 9.47 Å². The average Bonchev–Trinajstić information content (AvgIpc) is 3.64. The van der Waals surface area contributed by atoms with Crippen LogP contribution in [0.3, 0.4) is 0 Å². The van der Waals surface area contributed by atoms with E-state index in [1.165, 1.54) is 0 Å². The highest BCUT2D eigenvalue weighted by atomic mass is 79.9. The van der Waals surface area contributed by atoms with Gasteiger partial charge in [-0.15, -0.1) is 0 Å². The summed E-state index contributed by atoms with van der Waals surface area (Å²) < 4.78 is 4.96. The Morgan fingerprint density at radius 3 is 2.30 bits per heavy atom. The van der Waals surface area contributed by atoms with Crippen molar-refractivity contribution in [1.82, 2.24) is 24.2 Å².